The highest BCUT2D eigenvalue weighted by Gasteiger charge is 2.19. The van der Waals surface area contributed by atoms with Gasteiger partial charge in [-0.3, -0.25) is 15.1 Å². The van der Waals surface area contributed by atoms with Crippen molar-refractivity contribution >= 4 is 29.4 Å². The highest BCUT2D eigenvalue weighted by molar-refractivity contribution is 6.05. The van der Waals surface area contributed by atoms with E-state index in [2.05, 4.69) is 27.9 Å². The Morgan fingerprint density at radius 1 is 0.854 bits per heavy atom. The van der Waals surface area contributed by atoms with Crippen LogP contribution in [0.3, 0.4) is 0 Å². The van der Waals surface area contributed by atoms with Crippen LogP contribution < -0.4 is 16.0 Å². The molecule has 0 saturated carbocycles. The van der Waals surface area contributed by atoms with E-state index < -0.39 is 17.6 Å². The van der Waals surface area contributed by atoms with Crippen LogP contribution in [0.25, 0.3) is 0 Å². The number of amides is 4. The third-order valence-electron chi connectivity index (χ3n) is 6.09. The van der Waals surface area contributed by atoms with Gasteiger partial charge in [-0.05, 0) is 62.9 Å². The predicted molar refractivity (Wildman–Crippen MR) is 162 cm³/mol. The number of nitrogens with one attached hydrogen (secondary N) is 3. The fraction of sp³-hybridized carbons (Fsp3) is 0.375. The van der Waals surface area contributed by atoms with E-state index in [4.69, 9.17) is 4.74 Å². The lowest BCUT2D eigenvalue weighted by atomic mass is 10.1. The smallest absolute Gasteiger partial charge is 0.412 e. The number of para-hydroxylation sites is 2. The van der Waals surface area contributed by atoms with Crippen LogP contribution in [-0.4, -0.2) is 46.6 Å². The van der Waals surface area contributed by atoms with Crippen LogP contribution in [0.5, 0.6) is 0 Å². The summed E-state index contributed by atoms with van der Waals surface area (Å²) in [7, 11) is 0. The molecule has 1 heterocycles. The Hall–Kier alpha value is -4.40. The van der Waals surface area contributed by atoms with Crippen LogP contribution in [0.1, 0.15) is 68.6 Å². The van der Waals surface area contributed by atoms with E-state index in [9.17, 15) is 14.4 Å². The number of anilines is 2. The molecule has 0 aliphatic rings. The number of hydrogen-bond donors (Lipinski definition) is 3. The Morgan fingerprint density at radius 2 is 1.54 bits per heavy atom. The summed E-state index contributed by atoms with van der Waals surface area (Å²) in [4.78, 5) is 44.3. The van der Waals surface area contributed by atoms with Gasteiger partial charge in [-0.1, -0.05) is 68.3 Å². The molecule has 0 atom stereocenters. The fourth-order valence-electron chi connectivity index (χ4n) is 4.05. The number of carbonyl (C=O) groups excluding carboxylic acids is 3. The van der Waals surface area contributed by atoms with Crippen molar-refractivity contribution in [3.05, 3.63) is 89.7 Å². The lowest BCUT2D eigenvalue weighted by molar-refractivity contribution is 0.0635. The molecule has 2 aromatic carbocycles. The molecule has 0 unspecified atom stereocenters. The molecular formula is C32H41N5O4. The van der Waals surface area contributed by atoms with Crippen LogP contribution in [0.15, 0.2) is 72.9 Å². The van der Waals surface area contributed by atoms with Crippen LogP contribution in [-0.2, 0) is 17.7 Å². The molecule has 0 aliphatic heterocycles. The monoisotopic (exact) mass is 559 g/mol. The molecule has 0 saturated heterocycles. The van der Waals surface area contributed by atoms with Crippen molar-refractivity contribution in [3.63, 3.8) is 0 Å². The summed E-state index contributed by atoms with van der Waals surface area (Å²) in [5, 5.41) is 8.50. The third-order valence-corrected chi connectivity index (χ3v) is 6.09. The van der Waals surface area contributed by atoms with Gasteiger partial charge < -0.3 is 20.3 Å². The molecule has 3 aromatic rings. The Kier molecular flexibility index (Phi) is 11.7. The second-order valence-electron chi connectivity index (χ2n) is 10.8. The fourth-order valence-corrected chi connectivity index (χ4v) is 4.05. The van der Waals surface area contributed by atoms with Gasteiger partial charge in [0.2, 0.25) is 0 Å². The lowest BCUT2D eigenvalue weighted by Crippen LogP contribution is -2.41. The van der Waals surface area contributed by atoms with E-state index >= 15 is 0 Å². The van der Waals surface area contributed by atoms with E-state index in [-0.39, 0.29) is 11.7 Å². The van der Waals surface area contributed by atoms with Crippen molar-refractivity contribution in [1.82, 2.24) is 15.2 Å². The quantitative estimate of drug-likeness (QED) is 0.216. The third kappa shape index (κ3) is 10.9. The van der Waals surface area contributed by atoms with Crippen LogP contribution in [0, 0.1) is 0 Å². The van der Waals surface area contributed by atoms with Crippen LogP contribution in [0.4, 0.5) is 21.0 Å². The Labute approximate surface area is 242 Å². The van der Waals surface area contributed by atoms with Gasteiger partial charge in [-0.2, -0.15) is 0 Å². The van der Waals surface area contributed by atoms with Gasteiger partial charge in [0.05, 0.1) is 11.4 Å². The van der Waals surface area contributed by atoms with E-state index in [1.807, 2.05) is 30.3 Å². The minimum absolute atomic E-state index is 0.118. The summed E-state index contributed by atoms with van der Waals surface area (Å²) in [6.07, 6.45) is 4.77. The zero-order valence-electron chi connectivity index (χ0n) is 24.4. The SMILES string of the molecule is CCCCCN(Cc1ccc(C(=O)Nc2ccccc2NC(=O)OC(C)(C)C)nc1)C(=O)NCCc1ccccc1. The molecule has 0 spiro atoms. The maximum Gasteiger partial charge on any atom is 0.412 e. The molecule has 1 aromatic heterocycles. The molecule has 0 bridgehead atoms. The molecule has 9 nitrogen and oxygen atoms in total. The molecule has 3 N–H and O–H groups in total. The summed E-state index contributed by atoms with van der Waals surface area (Å²) < 4.78 is 5.31. The molecule has 0 radical (unpaired) electrons. The molecule has 0 aliphatic carbocycles. The van der Waals surface area contributed by atoms with Crippen LogP contribution in [0.2, 0.25) is 0 Å². The Bertz CT molecular complexity index is 1270. The minimum atomic E-state index is -0.650. The van der Waals surface area contributed by atoms with Gasteiger partial charge >= 0.3 is 12.1 Å². The number of pyridine rings is 1. The first-order chi connectivity index (χ1) is 19.6. The van der Waals surface area contributed by atoms with Crippen molar-refractivity contribution in [2.24, 2.45) is 0 Å². The number of rotatable bonds is 12. The Balaban J connectivity index is 1.60. The molecule has 0 fully saturated rings. The van der Waals surface area contributed by atoms with Crippen molar-refractivity contribution < 1.29 is 19.1 Å². The number of hydrogen-bond acceptors (Lipinski definition) is 5. The molecular weight excluding hydrogens is 518 g/mol. The standard InChI is InChI=1S/C32H41N5O4/c1-5-6-12-21-37(30(39)33-20-19-24-13-8-7-9-14-24)23-25-17-18-28(34-22-25)29(38)35-26-15-10-11-16-27(26)36-31(40)41-32(2,3)4/h7-11,13-18,22H,5-6,12,19-21,23H2,1-4H3,(H,33,39)(H,35,38)(H,36,40). The minimum Gasteiger partial charge on any atom is -0.444 e. The van der Waals surface area contributed by atoms with E-state index in [0.717, 1.165) is 31.2 Å². The Morgan fingerprint density at radius 3 is 2.17 bits per heavy atom. The molecule has 3 rings (SSSR count). The summed E-state index contributed by atoms with van der Waals surface area (Å²) in [6.45, 7) is 9.03. The summed E-state index contributed by atoms with van der Waals surface area (Å²) in [5.74, 6) is -0.423. The van der Waals surface area contributed by atoms with E-state index in [0.29, 0.717) is 31.0 Å². The normalized spacial score (nSPS) is 10.9. The van der Waals surface area contributed by atoms with Gasteiger partial charge in [0.15, 0.2) is 0 Å². The van der Waals surface area contributed by atoms with Gasteiger partial charge in [0.25, 0.3) is 5.91 Å². The van der Waals surface area contributed by atoms with Crippen molar-refractivity contribution in [3.8, 4) is 0 Å². The maximum absolute atomic E-state index is 13.0. The number of aromatic nitrogens is 1. The second-order valence-corrected chi connectivity index (χ2v) is 10.8. The van der Waals surface area contributed by atoms with Gasteiger partial charge in [0.1, 0.15) is 11.3 Å². The summed E-state index contributed by atoms with van der Waals surface area (Å²) >= 11 is 0. The number of ether oxygens (including phenoxy) is 1. The van der Waals surface area contributed by atoms with E-state index in [1.165, 1.54) is 5.56 Å². The first-order valence-electron chi connectivity index (χ1n) is 14.1. The van der Waals surface area contributed by atoms with Crippen LogP contribution >= 0.6 is 0 Å². The number of unbranched alkanes of at least 4 members (excludes halogenated alkanes) is 2. The van der Waals surface area contributed by atoms with Gasteiger partial charge in [0, 0.05) is 25.8 Å². The van der Waals surface area contributed by atoms with Gasteiger partial charge in [-0.15, -0.1) is 0 Å². The number of urea groups is 1. The molecule has 41 heavy (non-hydrogen) atoms. The molecule has 218 valence electrons. The number of carbonyl (C=O) groups is 3. The van der Waals surface area contributed by atoms with Crippen molar-refractivity contribution in [2.75, 3.05) is 23.7 Å². The topological polar surface area (TPSA) is 113 Å². The second kappa shape index (κ2) is 15.4. The first-order valence-corrected chi connectivity index (χ1v) is 14.1. The number of benzene rings is 2. The van der Waals surface area contributed by atoms with Gasteiger partial charge in [-0.25, -0.2) is 9.59 Å². The summed E-state index contributed by atoms with van der Waals surface area (Å²) in [6, 6.07) is 20.2. The molecule has 4 amide bonds. The first kappa shape index (κ1) is 31.1. The predicted octanol–water partition coefficient (Wildman–Crippen LogP) is 6.63. The molecule has 9 heteroatoms. The zero-order valence-corrected chi connectivity index (χ0v) is 24.4. The van der Waals surface area contributed by atoms with Crippen molar-refractivity contribution in [2.45, 2.75) is 65.5 Å². The zero-order chi connectivity index (χ0) is 29.7. The largest absolute Gasteiger partial charge is 0.444 e. The highest BCUT2D eigenvalue weighted by atomic mass is 16.6. The van der Waals surface area contributed by atoms with E-state index in [1.54, 1.807) is 68.3 Å². The average Bonchev–Trinajstić information content (AvgIpc) is 2.93. The van der Waals surface area contributed by atoms with Crippen molar-refractivity contribution in [1.29, 1.82) is 0 Å². The highest BCUT2D eigenvalue weighted by Crippen LogP contribution is 2.23. The average molecular weight is 560 g/mol. The lowest BCUT2D eigenvalue weighted by Gasteiger charge is -2.23. The summed E-state index contributed by atoms with van der Waals surface area (Å²) in [5.41, 5.74) is 2.39. The maximum atomic E-state index is 13.0. The number of nitrogens with zero attached hydrogens (tertiary/aromatic N) is 2.